The molecule has 0 unspecified atom stereocenters. The van der Waals surface area contributed by atoms with E-state index in [1.165, 1.54) is 11.3 Å². The van der Waals surface area contributed by atoms with E-state index in [4.69, 9.17) is 5.53 Å². The maximum atomic E-state index is 11.6. The van der Waals surface area contributed by atoms with Crippen LogP contribution in [-0.4, -0.2) is 11.9 Å². The standard InChI is InChI=1S/C9H10N4OS/c10-13-11-5-7-3-4-8(15-7)9(14)12-6-1-2-6/h3-4,6H,1-2,5H2,(H,12,14). The Morgan fingerprint density at radius 3 is 3.13 bits per heavy atom. The van der Waals surface area contributed by atoms with Crippen LogP contribution in [-0.2, 0) is 6.54 Å². The number of thiophene rings is 1. The van der Waals surface area contributed by atoms with E-state index in [1.807, 2.05) is 6.07 Å². The second-order valence-electron chi connectivity index (χ2n) is 3.40. The van der Waals surface area contributed by atoms with E-state index in [1.54, 1.807) is 6.07 Å². The monoisotopic (exact) mass is 222 g/mol. The zero-order chi connectivity index (χ0) is 10.7. The maximum Gasteiger partial charge on any atom is 0.261 e. The number of carbonyl (C=O) groups is 1. The van der Waals surface area contributed by atoms with Crippen molar-refractivity contribution in [3.63, 3.8) is 0 Å². The molecule has 78 valence electrons. The Kier molecular flexibility index (Phi) is 2.89. The largest absolute Gasteiger partial charge is 0.349 e. The molecule has 5 nitrogen and oxygen atoms in total. The van der Waals surface area contributed by atoms with E-state index in [0.717, 1.165) is 17.7 Å². The molecule has 0 aromatic carbocycles. The van der Waals surface area contributed by atoms with Crippen LogP contribution in [0.15, 0.2) is 17.2 Å². The number of nitrogens with one attached hydrogen (secondary N) is 1. The maximum absolute atomic E-state index is 11.6. The summed E-state index contributed by atoms with van der Waals surface area (Å²) in [7, 11) is 0. The molecule has 0 bridgehead atoms. The van der Waals surface area contributed by atoms with Crippen LogP contribution in [0.25, 0.3) is 10.4 Å². The van der Waals surface area contributed by atoms with Crippen LogP contribution in [0.1, 0.15) is 27.4 Å². The van der Waals surface area contributed by atoms with Gasteiger partial charge in [0, 0.05) is 15.8 Å². The summed E-state index contributed by atoms with van der Waals surface area (Å²) in [4.78, 5) is 15.8. The number of nitrogens with zero attached hydrogens (tertiary/aromatic N) is 3. The normalized spacial score (nSPS) is 14.4. The third-order valence-electron chi connectivity index (χ3n) is 2.09. The zero-order valence-corrected chi connectivity index (χ0v) is 8.83. The van der Waals surface area contributed by atoms with Crippen LogP contribution in [0, 0.1) is 0 Å². The lowest BCUT2D eigenvalue weighted by Crippen LogP contribution is -2.24. The Hall–Kier alpha value is -1.52. The molecular weight excluding hydrogens is 212 g/mol. The molecule has 0 aliphatic heterocycles. The predicted octanol–water partition coefficient (Wildman–Crippen LogP) is 2.45. The Bertz CT molecular complexity index is 418. The average Bonchev–Trinajstić information content (AvgIpc) is 2.92. The highest BCUT2D eigenvalue weighted by Gasteiger charge is 2.24. The first kappa shape index (κ1) is 10.0. The van der Waals surface area contributed by atoms with Crippen LogP contribution < -0.4 is 5.32 Å². The van der Waals surface area contributed by atoms with Gasteiger partial charge in [0.2, 0.25) is 0 Å². The van der Waals surface area contributed by atoms with Gasteiger partial charge in [-0.15, -0.1) is 11.3 Å². The van der Waals surface area contributed by atoms with Crippen molar-refractivity contribution in [3.8, 4) is 0 Å². The summed E-state index contributed by atoms with van der Waals surface area (Å²) in [6.07, 6.45) is 2.17. The van der Waals surface area contributed by atoms with Crippen LogP contribution in [0.5, 0.6) is 0 Å². The summed E-state index contributed by atoms with van der Waals surface area (Å²) in [5, 5.41) is 6.35. The molecule has 1 fully saturated rings. The molecule has 0 saturated heterocycles. The van der Waals surface area contributed by atoms with Crippen LogP contribution in [0.4, 0.5) is 0 Å². The predicted molar refractivity (Wildman–Crippen MR) is 57.7 cm³/mol. The molecule has 1 heterocycles. The number of hydrogen-bond acceptors (Lipinski definition) is 3. The Labute approximate surface area is 90.7 Å². The Morgan fingerprint density at radius 1 is 1.67 bits per heavy atom. The van der Waals surface area contributed by atoms with E-state index in [-0.39, 0.29) is 5.91 Å². The van der Waals surface area contributed by atoms with Gasteiger partial charge >= 0.3 is 0 Å². The molecule has 0 radical (unpaired) electrons. The average molecular weight is 222 g/mol. The van der Waals surface area contributed by atoms with Gasteiger partial charge < -0.3 is 5.32 Å². The molecular formula is C9H10N4OS. The van der Waals surface area contributed by atoms with Crippen molar-refractivity contribution in [3.05, 3.63) is 32.3 Å². The fourth-order valence-electron chi connectivity index (χ4n) is 1.17. The van der Waals surface area contributed by atoms with Crippen molar-refractivity contribution in [2.24, 2.45) is 5.11 Å². The lowest BCUT2D eigenvalue weighted by atomic mass is 10.4. The van der Waals surface area contributed by atoms with E-state index < -0.39 is 0 Å². The second kappa shape index (κ2) is 4.33. The first-order valence-corrected chi connectivity index (χ1v) is 5.51. The summed E-state index contributed by atoms with van der Waals surface area (Å²) >= 11 is 1.37. The van der Waals surface area contributed by atoms with Crippen molar-refractivity contribution < 1.29 is 4.79 Å². The van der Waals surface area contributed by atoms with E-state index in [2.05, 4.69) is 15.3 Å². The third-order valence-corrected chi connectivity index (χ3v) is 3.16. The molecule has 0 spiro atoms. The summed E-state index contributed by atoms with van der Waals surface area (Å²) in [6.45, 7) is 0.317. The number of rotatable bonds is 4. The highest BCUT2D eigenvalue weighted by atomic mass is 32.1. The number of azide groups is 1. The lowest BCUT2D eigenvalue weighted by Gasteiger charge is -1.98. The van der Waals surface area contributed by atoms with Gasteiger partial charge in [-0.25, -0.2) is 0 Å². The van der Waals surface area contributed by atoms with Gasteiger partial charge in [-0.1, -0.05) is 5.11 Å². The second-order valence-corrected chi connectivity index (χ2v) is 4.57. The zero-order valence-electron chi connectivity index (χ0n) is 8.01. The minimum Gasteiger partial charge on any atom is -0.349 e. The minimum absolute atomic E-state index is 0.0188. The first-order valence-electron chi connectivity index (χ1n) is 4.70. The molecule has 6 heteroatoms. The smallest absolute Gasteiger partial charge is 0.261 e. The van der Waals surface area contributed by atoms with Crippen LogP contribution in [0.2, 0.25) is 0 Å². The molecule has 2 rings (SSSR count). The van der Waals surface area contributed by atoms with E-state index in [9.17, 15) is 4.79 Å². The number of hydrogen-bond donors (Lipinski definition) is 1. The lowest BCUT2D eigenvalue weighted by molar-refractivity contribution is 0.0955. The minimum atomic E-state index is -0.0188. The molecule has 1 aromatic heterocycles. The molecule has 1 aromatic rings. The van der Waals surface area contributed by atoms with Gasteiger partial charge in [0.25, 0.3) is 5.91 Å². The molecule has 1 amide bonds. The van der Waals surface area contributed by atoms with E-state index >= 15 is 0 Å². The van der Waals surface area contributed by atoms with Gasteiger partial charge in [0.1, 0.15) is 0 Å². The van der Waals surface area contributed by atoms with Gasteiger partial charge in [-0.05, 0) is 30.5 Å². The van der Waals surface area contributed by atoms with E-state index in [0.29, 0.717) is 17.5 Å². The van der Waals surface area contributed by atoms with Crippen molar-refractivity contribution in [2.45, 2.75) is 25.4 Å². The fourth-order valence-corrected chi connectivity index (χ4v) is 2.00. The first-order chi connectivity index (χ1) is 7.29. The number of carbonyl (C=O) groups excluding carboxylic acids is 1. The fraction of sp³-hybridized carbons (Fsp3) is 0.444. The molecule has 15 heavy (non-hydrogen) atoms. The highest BCUT2D eigenvalue weighted by Crippen LogP contribution is 2.22. The highest BCUT2D eigenvalue weighted by molar-refractivity contribution is 7.14. The third kappa shape index (κ3) is 2.71. The molecule has 1 N–H and O–H groups in total. The quantitative estimate of drug-likeness (QED) is 0.474. The Balaban J connectivity index is 1.98. The van der Waals surface area contributed by atoms with Crippen molar-refractivity contribution in [1.29, 1.82) is 0 Å². The summed E-state index contributed by atoms with van der Waals surface area (Å²) in [6, 6.07) is 3.96. The molecule has 1 aliphatic carbocycles. The summed E-state index contributed by atoms with van der Waals surface area (Å²) < 4.78 is 0. The van der Waals surface area contributed by atoms with Gasteiger partial charge in [0.15, 0.2) is 0 Å². The van der Waals surface area contributed by atoms with Gasteiger partial charge in [-0.2, -0.15) is 0 Å². The van der Waals surface area contributed by atoms with Gasteiger partial charge in [0.05, 0.1) is 11.4 Å². The van der Waals surface area contributed by atoms with Crippen LogP contribution >= 0.6 is 11.3 Å². The molecule has 0 atom stereocenters. The molecule has 1 saturated carbocycles. The molecule has 1 aliphatic rings. The Morgan fingerprint density at radius 2 is 2.47 bits per heavy atom. The van der Waals surface area contributed by atoms with Crippen molar-refractivity contribution in [2.75, 3.05) is 0 Å². The topological polar surface area (TPSA) is 77.9 Å². The summed E-state index contributed by atoms with van der Waals surface area (Å²) in [5.74, 6) is -0.0188. The summed E-state index contributed by atoms with van der Waals surface area (Å²) in [5.41, 5.74) is 8.15. The van der Waals surface area contributed by atoms with Crippen molar-refractivity contribution in [1.82, 2.24) is 5.32 Å². The van der Waals surface area contributed by atoms with Crippen LogP contribution in [0.3, 0.4) is 0 Å². The number of amides is 1. The SMILES string of the molecule is [N-]=[N+]=NCc1ccc(C(=O)NC2CC2)s1. The van der Waals surface area contributed by atoms with Gasteiger partial charge in [-0.3, -0.25) is 4.79 Å². The van der Waals surface area contributed by atoms with Crippen molar-refractivity contribution >= 4 is 17.2 Å².